The van der Waals surface area contributed by atoms with Crippen molar-refractivity contribution in [2.24, 2.45) is 0 Å². The Morgan fingerprint density at radius 1 is 1.17 bits per heavy atom. The van der Waals surface area contributed by atoms with E-state index in [1.165, 1.54) is 5.56 Å². The second kappa shape index (κ2) is 8.27. The van der Waals surface area contributed by atoms with Gasteiger partial charge < -0.3 is 9.47 Å². The van der Waals surface area contributed by atoms with Crippen LogP contribution in [0.3, 0.4) is 0 Å². The van der Waals surface area contributed by atoms with Gasteiger partial charge in [-0.1, -0.05) is 24.3 Å². The van der Waals surface area contributed by atoms with Crippen LogP contribution in [-0.4, -0.2) is 36.2 Å². The monoisotopic (exact) mass is 326 g/mol. The van der Waals surface area contributed by atoms with E-state index in [2.05, 4.69) is 34.1 Å². The molecule has 1 aromatic carbocycles. The summed E-state index contributed by atoms with van der Waals surface area (Å²) in [5, 5.41) is 0. The summed E-state index contributed by atoms with van der Waals surface area (Å²) >= 11 is 0. The first-order chi connectivity index (χ1) is 11.7. The second-order valence-corrected chi connectivity index (χ2v) is 6.39. The number of rotatable bonds is 7. The summed E-state index contributed by atoms with van der Waals surface area (Å²) in [6, 6.07) is 14.4. The standard InChI is InChI=1S/C20H26N2O2/c1-16-7-5-9-18(21-16)14-22(15-19-10-6-12-24-19)13-17-8-3-4-11-20(17)23-2/h3-5,7-9,11,19H,6,10,12-15H2,1-2H3. The number of pyridine rings is 1. The smallest absolute Gasteiger partial charge is 0.123 e. The normalized spacial score (nSPS) is 17.4. The van der Waals surface area contributed by atoms with Gasteiger partial charge in [-0.05, 0) is 38.0 Å². The number of benzene rings is 1. The number of aryl methyl sites for hydroxylation is 1. The van der Waals surface area contributed by atoms with Crippen molar-refractivity contribution in [3.8, 4) is 5.75 Å². The van der Waals surface area contributed by atoms with Gasteiger partial charge in [-0.3, -0.25) is 9.88 Å². The molecule has 1 atom stereocenters. The molecule has 128 valence electrons. The van der Waals surface area contributed by atoms with E-state index >= 15 is 0 Å². The highest BCUT2D eigenvalue weighted by Crippen LogP contribution is 2.22. The SMILES string of the molecule is COc1ccccc1CN(Cc1cccc(C)n1)CC1CCCO1. The van der Waals surface area contributed by atoms with Crippen LogP contribution in [0.1, 0.15) is 29.8 Å². The molecule has 0 spiro atoms. The van der Waals surface area contributed by atoms with Crippen LogP contribution in [0.5, 0.6) is 5.75 Å². The van der Waals surface area contributed by atoms with Gasteiger partial charge in [0, 0.05) is 37.5 Å². The number of methoxy groups -OCH3 is 1. The summed E-state index contributed by atoms with van der Waals surface area (Å²) in [5.41, 5.74) is 3.36. The number of hydrogen-bond acceptors (Lipinski definition) is 4. The summed E-state index contributed by atoms with van der Waals surface area (Å²) in [6.07, 6.45) is 2.63. The van der Waals surface area contributed by atoms with E-state index in [9.17, 15) is 0 Å². The number of para-hydroxylation sites is 1. The molecule has 0 bridgehead atoms. The van der Waals surface area contributed by atoms with E-state index in [1.807, 2.05) is 25.1 Å². The van der Waals surface area contributed by atoms with Crippen molar-refractivity contribution in [2.45, 2.75) is 39.0 Å². The van der Waals surface area contributed by atoms with Crippen molar-refractivity contribution >= 4 is 0 Å². The zero-order valence-corrected chi connectivity index (χ0v) is 14.6. The highest BCUT2D eigenvalue weighted by molar-refractivity contribution is 5.33. The van der Waals surface area contributed by atoms with E-state index in [0.29, 0.717) is 6.10 Å². The molecule has 3 rings (SSSR count). The molecular weight excluding hydrogens is 300 g/mol. The summed E-state index contributed by atoms with van der Waals surface area (Å²) in [6.45, 7) is 5.50. The lowest BCUT2D eigenvalue weighted by atomic mass is 10.1. The molecule has 0 amide bonds. The van der Waals surface area contributed by atoms with Gasteiger partial charge in [0.2, 0.25) is 0 Å². The summed E-state index contributed by atoms with van der Waals surface area (Å²) in [4.78, 5) is 7.07. The second-order valence-electron chi connectivity index (χ2n) is 6.39. The van der Waals surface area contributed by atoms with E-state index in [1.54, 1.807) is 7.11 Å². The van der Waals surface area contributed by atoms with Crippen LogP contribution in [0.25, 0.3) is 0 Å². The van der Waals surface area contributed by atoms with Gasteiger partial charge in [-0.2, -0.15) is 0 Å². The maximum Gasteiger partial charge on any atom is 0.123 e. The van der Waals surface area contributed by atoms with Crippen molar-refractivity contribution < 1.29 is 9.47 Å². The van der Waals surface area contributed by atoms with Crippen molar-refractivity contribution in [1.82, 2.24) is 9.88 Å². The third-order valence-electron chi connectivity index (χ3n) is 4.40. The van der Waals surface area contributed by atoms with Gasteiger partial charge in [0.05, 0.1) is 18.9 Å². The molecule has 0 N–H and O–H groups in total. The van der Waals surface area contributed by atoms with Crippen LogP contribution in [0.15, 0.2) is 42.5 Å². The molecule has 1 aliphatic rings. The molecule has 1 unspecified atom stereocenters. The van der Waals surface area contributed by atoms with Crippen molar-refractivity contribution in [2.75, 3.05) is 20.3 Å². The Balaban J connectivity index is 1.75. The van der Waals surface area contributed by atoms with Crippen LogP contribution in [0, 0.1) is 6.92 Å². The topological polar surface area (TPSA) is 34.6 Å². The fourth-order valence-corrected chi connectivity index (χ4v) is 3.25. The predicted octanol–water partition coefficient (Wildman–Crippen LogP) is 3.58. The average molecular weight is 326 g/mol. The first kappa shape index (κ1) is 16.9. The molecule has 0 aliphatic carbocycles. The highest BCUT2D eigenvalue weighted by Gasteiger charge is 2.20. The van der Waals surface area contributed by atoms with Gasteiger partial charge >= 0.3 is 0 Å². The van der Waals surface area contributed by atoms with E-state index in [0.717, 1.165) is 56.2 Å². The Hall–Kier alpha value is -1.91. The first-order valence-corrected chi connectivity index (χ1v) is 8.63. The van der Waals surface area contributed by atoms with Crippen LogP contribution in [-0.2, 0) is 17.8 Å². The van der Waals surface area contributed by atoms with Crippen LogP contribution < -0.4 is 4.74 Å². The van der Waals surface area contributed by atoms with Crippen LogP contribution >= 0.6 is 0 Å². The van der Waals surface area contributed by atoms with Gasteiger partial charge in [0.15, 0.2) is 0 Å². The number of nitrogens with zero attached hydrogens (tertiary/aromatic N) is 2. The third-order valence-corrected chi connectivity index (χ3v) is 4.40. The molecule has 4 heteroatoms. The quantitative estimate of drug-likeness (QED) is 0.779. The minimum atomic E-state index is 0.324. The average Bonchev–Trinajstić information content (AvgIpc) is 3.08. The predicted molar refractivity (Wildman–Crippen MR) is 95.1 cm³/mol. The van der Waals surface area contributed by atoms with Gasteiger partial charge in [-0.25, -0.2) is 0 Å². The molecular formula is C20H26N2O2. The lowest BCUT2D eigenvalue weighted by molar-refractivity contribution is 0.0672. The molecule has 1 aromatic heterocycles. The maximum atomic E-state index is 5.85. The minimum absolute atomic E-state index is 0.324. The zero-order chi connectivity index (χ0) is 16.8. The Morgan fingerprint density at radius 2 is 2.04 bits per heavy atom. The van der Waals surface area contributed by atoms with Crippen molar-refractivity contribution in [3.05, 3.63) is 59.4 Å². The van der Waals surface area contributed by atoms with Gasteiger partial charge in [-0.15, -0.1) is 0 Å². The lowest BCUT2D eigenvalue weighted by Gasteiger charge is -2.25. The van der Waals surface area contributed by atoms with Gasteiger partial charge in [0.1, 0.15) is 5.75 Å². The number of ether oxygens (including phenoxy) is 2. The Kier molecular flexibility index (Phi) is 5.83. The van der Waals surface area contributed by atoms with Gasteiger partial charge in [0.25, 0.3) is 0 Å². The first-order valence-electron chi connectivity index (χ1n) is 8.63. The Morgan fingerprint density at radius 3 is 2.79 bits per heavy atom. The molecule has 24 heavy (non-hydrogen) atoms. The van der Waals surface area contributed by atoms with Crippen LogP contribution in [0.4, 0.5) is 0 Å². The summed E-state index contributed by atoms with van der Waals surface area (Å²) in [7, 11) is 1.73. The molecule has 1 aliphatic heterocycles. The zero-order valence-electron chi connectivity index (χ0n) is 14.6. The molecule has 4 nitrogen and oxygen atoms in total. The Bertz CT molecular complexity index is 654. The minimum Gasteiger partial charge on any atom is -0.496 e. The summed E-state index contributed by atoms with van der Waals surface area (Å²) < 4.78 is 11.4. The molecule has 2 aromatic rings. The maximum absolute atomic E-state index is 5.85. The molecule has 0 saturated carbocycles. The fourth-order valence-electron chi connectivity index (χ4n) is 3.25. The molecule has 2 heterocycles. The lowest BCUT2D eigenvalue weighted by Crippen LogP contribution is -2.32. The fraction of sp³-hybridized carbons (Fsp3) is 0.450. The largest absolute Gasteiger partial charge is 0.496 e. The van der Waals surface area contributed by atoms with E-state index in [4.69, 9.17) is 9.47 Å². The summed E-state index contributed by atoms with van der Waals surface area (Å²) in [5.74, 6) is 0.937. The number of hydrogen-bond donors (Lipinski definition) is 0. The molecule has 0 radical (unpaired) electrons. The van der Waals surface area contributed by atoms with E-state index in [-0.39, 0.29) is 0 Å². The van der Waals surface area contributed by atoms with Crippen molar-refractivity contribution in [3.63, 3.8) is 0 Å². The van der Waals surface area contributed by atoms with Crippen molar-refractivity contribution in [1.29, 1.82) is 0 Å². The third kappa shape index (κ3) is 4.56. The Labute approximate surface area is 144 Å². The molecule has 1 fully saturated rings. The van der Waals surface area contributed by atoms with Crippen LogP contribution in [0.2, 0.25) is 0 Å². The highest BCUT2D eigenvalue weighted by atomic mass is 16.5. The number of aromatic nitrogens is 1. The van der Waals surface area contributed by atoms with E-state index < -0.39 is 0 Å². The molecule has 1 saturated heterocycles.